The first kappa shape index (κ1) is 20.2. The molecule has 2 aliphatic rings. The molecule has 29 heavy (non-hydrogen) atoms. The van der Waals surface area contributed by atoms with Crippen molar-refractivity contribution < 1.29 is 0 Å². The molecular formula is C23H27ClN4S. The second-order valence-corrected chi connectivity index (χ2v) is 9.14. The Balaban J connectivity index is 1.86. The lowest BCUT2D eigenvalue weighted by Gasteiger charge is -2.41. The fraction of sp³-hybridized carbons (Fsp3) is 0.391. The van der Waals surface area contributed by atoms with Crippen molar-refractivity contribution >= 4 is 40.2 Å². The van der Waals surface area contributed by atoms with Crippen LogP contribution in [0.1, 0.15) is 56.6 Å². The van der Waals surface area contributed by atoms with E-state index in [9.17, 15) is 0 Å². The number of thiocarbonyl (C=S) groups is 1. The number of halogens is 1. The van der Waals surface area contributed by atoms with E-state index < -0.39 is 0 Å². The van der Waals surface area contributed by atoms with Gasteiger partial charge < -0.3 is 15.1 Å². The van der Waals surface area contributed by atoms with Crippen molar-refractivity contribution in [3.8, 4) is 0 Å². The number of rotatable bonds is 3. The number of pyridine rings is 1. The molecule has 0 unspecified atom stereocenters. The Morgan fingerprint density at radius 3 is 2.69 bits per heavy atom. The fourth-order valence-electron chi connectivity index (χ4n) is 4.50. The highest BCUT2D eigenvalue weighted by molar-refractivity contribution is 7.80. The van der Waals surface area contributed by atoms with E-state index in [4.69, 9.17) is 23.8 Å². The van der Waals surface area contributed by atoms with E-state index in [1.165, 1.54) is 11.1 Å². The predicted octanol–water partition coefficient (Wildman–Crippen LogP) is 5.36. The first-order chi connectivity index (χ1) is 13.7. The highest BCUT2D eigenvalue weighted by atomic mass is 35.5. The smallest absolute Gasteiger partial charge is 0.170 e. The van der Waals surface area contributed by atoms with E-state index in [0.717, 1.165) is 33.6 Å². The fourth-order valence-corrected chi connectivity index (χ4v) is 5.14. The van der Waals surface area contributed by atoms with Crippen LogP contribution in [-0.4, -0.2) is 34.1 Å². The van der Waals surface area contributed by atoms with Crippen molar-refractivity contribution in [3.63, 3.8) is 0 Å². The Labute approximate surface area is 183 Å². The molecular weight excluding hydrogens is 400 g/mol. The second kappa shape index (κ2) is 7.29. The van der Waals surface area contributed by atoms with Gasteiger partial charge in [-0.2, -0.15) is 0 Å². The van der Waals surface area contributed by atoms with Crippen LogP contribution in [0.4, 0.5) is 5.69 Å². The number of allylic oxidation sites excluding steroid dienone is 1. The lowest BCUT2D eigenvalue weighted by molar-refractivity contribution is 0.331. The summed E-state index contributed by atoms with van der Waals surface area (Å²) < 4.78 is 0. The zero-order valence-electron chi connectivity index (χ0n) is 17.5. The first-order valence-electron chi connectivity index (χ1n) is 9.99. The normalized spacial score (nSPS) is 23.0. The standard InChI is InChI=1S/C23H27ClN4S/c1-6-28-21(20(26-22(28)29)18-9-7-8-10-25-18)16-11-15-14(2)13-23(3,4)27(5)19(15)12-17(16)24/h7-13,20-21H,6H2,1-5H3,(H,26,29)/t20-,21-/m0/s1. The summed E-state index contributed by atoms with van der Waals surface area (Å²) in [5.74, 6) is 0. The maximum atomic E-state index is 6.91. The van der Waals surface area contributed by atoms with E-state index in [0.29, 0.717) is 0 Å². The molecule has 0 saturated carbocycles. The quantitative estimate of drug-likeness (QED) is 0.668. The topological polar surface area (TPSA) is 31.4 Å². The molecule has 0 amide bonds. The van der Waals surface area contributed by atoms with Gasteiger partial charge in [-0.3, -0.25) is 4.98 Å². The van der Waals surface area contributed by atoms with Gasteiger partial charge in [-0.1, -0.05) is 23.7 Å². The van der Waals surface area contributed by atoms with E-state index in [-0.39, 0.29) is 17.6 Å². The minimum Gasteiger partial charge on any atom is -0.365 e. The van der Waals surface area contributed by atoms with Crippen LogP contribution in [-0.2, 0) is 0 Å². The van der Waals surface area contributed by atoms with E-state index in [1.807, 2.05) is 24.4 Å². The van der Waals surface area contributed by atoms with Crippen LogP contribution >= 0.6 is 23.8 Å². The number of nitrogens with zero attached hydrogens (tertiary/aromatic N) is 3. The van der Waals surface area contributed by atoms with Crippen molar-refractivity contribution in [2.75, 3.05) is 18.5 Å². The Morgan fingerprint density at radius 2 is 2.03 bits per heavy atom. The van der Waals surface area contributed by atoms with Gasteiger partial charge in [0, 0.05) is 36.1 Å². The summed E-state index contributed by atoms with van der Waals surface area (Å²) in [6, 6.07) is 10.3. The Bertz CT molecular complexity index is 986. The molecule has 2 aromatic rings. The number of hydrogen-bond donors (Lipinski definition) is 1. The van der Waals surface area contributed by atoms with Gasteiger partial charge >= 0.3 is 0 Å². The van der Waals surface area contributed by atoms with Crippen LogP contribution in [0.2, 0.25) is 5.02 Å². The molecule has 0 spiro atoms. The molecule has 4 rings (SSSR count). The van der Waals surface area contributed by atoms with Gasteiger partial charge in [0.05, 0.1) is 23.3 Å². The van der Waals surface area contributed by atoms with Gasteiger partial charge in [0.15, 0.2) is 5.11 Å². The van der Waals surface area contributed by atoms with Gasteiger partial charge in [0.2, 0.25) is 0 Å². The molecule has 2 aliphatic heterocycles. The Morgan fingerprint density at radius 1 is 1.28 bits per heavy atom. The number of likely N-dealkylation sites (N-methyl/N-ethyl adjacent to an activating group) is 2. The largest absolute Gasteiger partial charge is 0.365 e. The molecule has 152 valence electrons. The SMILES string of the molecule is CCN1C(=S)N[C@@H](c2ccccn2)[C@@H]1c1cc2c(cc1Cl)N(C)C(C)(C)C=C2C. The van der Waals surface area contributed by atoms with Crippen molar-refractivity contribution in [2.45, 2.75) is 45.3 Å². The number of anilines is 1. The third kappa shape index (κ3) is 3.30. The maximum absolute atomic E-state index is 6.91. The highest BCUT2D eigenvalue weighted by Gasteiger charge is 2.41. The van der Waals surface area contributed by atoms with Crippen LogP contribution in [0.3, 0.4) is 0 Å². The van der Waals surface area contributed by atoms with Crippen molar-refractivity contribution in [1.82, 2.24) is 15.2 Å². The maximum Gasteiger partial charge on any atom is 0.170 e. The number of hydrogen-bond acceptors (Lipinski definition) is 3. The minimum atomic E-state index is -0.0512. The molecule has 1 saturated heterocycles. The summed E-state index contributed by atoms with van der Waals surface area (Å²) in [6.07, 6.45) is 4.14. The van der Waals surface area contributed by atoms with Gasteiger partial charge in [0.1, 0.15) is 0 Å². The summed E-state index contributed by atoms with van der Waals surface area (Å²) in [4.78, 5) is 9.09. The van der Waals surface area contributed by atoms with Crippen LogP contribution in [0.25, 0.3) is 5.57 Å². The number of aromatic nitrogens is 1. The third-order valence-corrected chi connectivity index (χ3v) is 6.87. The van der Waals surface area contributed by atoms with E-state index in [2.05, 4.69) is 73.1 Å². The van der Waals surface area contributed by atoms with Crippen LogP contribution in [0.15, 0.2) is 42.6 Å². The molecule has 0 bridgehead atoms. The van der Waals surface area contributed by atoms with Crippen LogP contribution < -0.4 is 10.2 Å². The first-order valence-corrected chi connectivity index (χ1v) is 10.8. The lowest BCUT2D eigenvalue weighted by atomic mass is 9.86. The molecule has 2 atom stereocenters. The summed E-state index contributed by atoms with van der Waals surface area (Å²) >= 11 is 12.6. The van der Waals surface area contributed by atoms with Gasteiger partial charge in [-0.05, 0) is 75.3 Å². The van der Waals surface area contributed by atoms with Crippen molar-refractivity contribution in [1.29, 1.82) is 0 Å². The molecule has 4 nitrogen and oxygen atoms in total. The third-order valence-electron chi connectivity index (χ3n) is 6.19. The predicted molar refractivity (Wildman–Crippen MR) is 125 cm³/mol. The summed E-state index contributed by atoms with van der Waals surface area (Å²) in [7, 11) is 2.12. The molecule has 3 heterocycles. The zero-order valence-corrected chi connectivity index (χ0v) is 19.1. The molecule has 1 aromatic heterocycles. The highest BCUT2D eigenvalue weighted by Crippen LogP contribution is 2.46. The minimum absolute atomic E-state index is 0.00626. The summed E-state index contributed by atoms with van der Waals surface area (Å²) in [6.45, 7) is 9.54. The van der Waals surface area contributed by atoms with Gasteiger partial charge in [0.25, 0.3) is 0 Å². The van der Waals surface area contributed by atoms with Crippen molar-refractivity contribution in [2.24, 2.45) is 0 Å². The van der Waals surface area contributed by atoms with Crippen LogP contribution in [0.5, 0.6) is 0 Å². The number of benzene rings is 1. The van der Waals surface area contributed by atoms with Gasteiger partial charge in [-0.25, -0.2) is 0 Å². The molecule has 1 fully saturated rings. The molecule has 1 N–H and O–H groups in total. The number of fused-ring (bicyclic) bond motifs is 1. The van der Waals surface area contributed by atoms with E-state index >= 15 is 0 Å². The van der Waals surface area contributed by atoms with Crippen molar-refractivity contribution in [3.05, 3.63) is 64.4 Å². The molecule has 0 radical (unpaired) electrons. The average Bonchev–Trinajstić information content (AvgIpc) is 3.02. The van der Waals surface area contributed by atoms with Crippen LogP contribution in [0, 0.1) is 0 Å². The monoisotopic (exact) mass is 426 g/mol. The zero-order chi connectivity index (χ0) is 20.9. The molecule has 1 aromatic carbocycles. The number of nitrogens with one attached hydrogen (secondary N) is 1. The Kier molecular flexibility index (Phi) is 5.07. The Hall–Kier alpha value is -2.11. The molecule has 6 heteroatoms. The average molecular weight is 427 g/mol. The molecule has 0 aliphatic carbocycles. The second-order valence-electron chi connectivity index (χ2n) is 8.34. The summed E-state index contributed by atoms with van der Waals surface area (Å²) in [5.41, 5.74) is 5.65. The van der Waals surface area contributed by atoms with Gasteiger partial charge in [-0.15, -0.1) is 0 Å². The van der Waals surface area contributed by atoms with E-state index in [1.54, 1.807) is 0 Å². The lowest BCUT2D eigenvalue weighted by Crippen LogP contribution is -2.42. The summed E-state index contributed by atoms with van der Waals surface area (Å²) in [5, 5.41) is 4.98.